The summed E-state index contributed by atoms with van der Waals surface area (Å²) in [5, 5.41) is 9.49. The van der Waals surface area contributed by atoms with Crippen LogP contribution in [0.4, 0.5) is 11.4 Å². The molecule has 2 aromatic carbocycles. The molecule has 6 rings (SSSR count). The van der Waals surface area contributed by atoms with E-state index in [-0.39, 0.29) is 30.5 Å². The van der Waals surface area contributed by atoms with Gasteiger partial charge in [0.1, 0.15) is 0 Å². The smallest absolute Gasteiger partial charge is 0.256 e. The van der Waals surface area contributed by atoms with Crippen LogP contribution in [-0.2, 0) is 4.57 Å². The molecule has 2 aromatic rings. The number of aliphatic hydroxyl groups is 1. The van der Waals surface area contributed by atoms with Crippen LogP contribution >= 0.6 is 7.14 Å². The predicted molar refractivity (Wildman–Crippen MR) is 185 cm³/mol. The average Bonchev–Trinajstić information content (AvgIpc) is 3.73. The molecule has 1 N–H and O–H groups in total. The Kier molecular flexibility index (Phi) is 10.7. The van der Waals surface area contributed by atoms with E-state index in [0.29, 0.717) is 96.5 Å². The van der Waals surface area contributed by atoms with Gasteiger partial charge in [0.25, 0.3) is 11.8 Å². The van der Waals surface area contributed by atoms with Crippen molar-refractivity contribution in [1.29, 1.82) is 0 Å². The molecule has 12 nitrogen and oxygen atoms in total. The zero-order valence-electron chi connectivity index (χ0n) is 27.8. The van der Waals surface area contributed by atoms with Gasteiger partial charge in [0.05, 0.1) is 69.2 Å². The lowest BCUT2D eigenvalue weighted by molar-refractivity contribution is 0.0766. The molecule has 0 saturated carbocycles. The number of aliphatic hydroxyl groups excluding tert-OH is 1. The third-order valence-corrected chi connectivity index (χ3v) is 13.0. The summed E-state index contributed by atoms with van der Waals surface area (Å²) < 4.78 is 37.3. The first kappa shape index (κ1) is 34.0. The molecule has 0 unspecified atom stereocenters. The highest BCUT2D eigenvalue weighted by atomic mass is 31.2. The van der Waals surface area contributed by atoms with Gasteiger partial charge in [-0.15, -0.1) is 0 Å². The third-order valence-electron chi connectivity index (χ3n) is 9.58. The lowest BCUT2D eigenvalue weighted by Crippen LogP contribution is -2.35. The van der Waals surface area contributed by atoms with E-state index < -0.39 is 7.14 Å². The standard InChI is InChI=1S/C35H45N4O8P/c1-44-30-18-26-28(36-22-24-8-3-10-38(24)34(26)41)20-32(30)46-13-6-16-48(43,15-5-12-40)17-7-14-47-33-21-29-27(19-31(33)45-2)35(42)39-11-4-9-25(39)23-37-29/h18-25,40H,3-17H2,1-2H3/t24-,25-/m0/s1. The van der Waals surface area contributed by atoms with E-state index >= 15 is 0 Å². The van der Waals surface area contributed by atoms with E-state index in [2.05, 4.69) is 9.98 Å². The molecule has 0 aliphatic carbocycles. The van der Waals surface area contributed by atoms with Gasteiger partial charge in [-0.2, -0.15) is 0 Å². The third kappa shape index (κ3) is 7.25. The van der Waals surface area contributed by atoms with Crippen molar-refractivity contribution in [2.45, 2.75) is 57.0 Å². The summed E-state index contributed by atoms with van der Waals surface area (Å²) in [7, 11) is 0.449. The zero-order chi connectivity index (χ0) is 33.7. The molecule has 2 atom stereocenters. The summed E-state index contributed by atoms with van der Waals surface area (Å²) in [4.78, 5) is 39.2. The highest BCUT2D eigenvalue weighted by Gasteiger charge is 2.34. The van der Waals surface area contributed by atoms with E-state index in [1.54, 1.807) is 38.5 Å². The molecule has 4 aliphatic rings. The minimum absolute atomic E-state index is 0.0151. The first-order chi connectivity index (χ1) is 23.3. The lowest BCUT2D eigenvalue weighted by atomic mass is 10.1. The Bertz CT molecular complexity index is 1520. The first-order valence-electron chi connectivity index (χ1n) is 16.9. The van der Waals surface area contributed by atoms with Gasteiger partial charge in [0.15, 0.2) is 23.0 Å². The van der Waals surface area contributed by atoms with Crippen molar-refractivity contribution in [3.05, 3.63) is 35.4 Å². The minimum Gasteiger partial charge on any atom is -0.493 e. The number of hydrogen-bond donors (Lipinski definition) is 1. The van der Waals surface area contributed by atoms with E-state index in [1.165, 1.54) is 0 Å². The van der Waals surface area contributed by atoms with Crippen molar-refractivity contribution in [2.24, 2.45) is 9.98 Å². The van der Waals surface area contributed by atoms with Gasteiger partial charge >= 0.3 is 0 Å². The Morgan fingerprint density at radius 1 is 0.729 bits per heavy atom. The lowest BCUT2D eigenvalue weighted by Gasteiger charge is -2.21. The second-order valence-electron chi connectivity index (χ2n) is 12.7. The summed E-state index contributed by atoms with van der Waals surface area (Å²) in [6.07, 6.45) is 10.4. The molecule has 13 heteroatoms. The number of benzene rings is 2. The number of rotatable bonds is 15. The van der Waals surface area contributed by atoms with Crippen molar-refractivity contribution in [3.63, 3.8) is 0 Å². The average molecular weight is 681 g/mol. The van der Waals surface area contributed by atoms with Crippen molar-refractivity contribution in [1.82, 2.24) is 9.80 Å². The second kappa shape index (κ2) is 15.1. The van der Waals surface area contributed by atoms with Crippen LogP contribution in [0.25, 0.3) is 0 Å². The fourth-order valence-electron chi connectivity index (χ4n) is 7.00. The molecule has 48 heavy (non-hydrogen) atoms. The molecule has 2 amide bonds. The van der Waals surface area contributed by atoms with Crippen LogP contribution in [-0.4, -0.2) is 117 Å². The second-order valence-corrected chi connectivity index (χ2v) is 16.2. The number of ether oxygens (including phenoxy) is 4. The fraction of sp³-hybridized carbons (Fsp3) is 0.543. The number of nitrogens with zero attached hydrogens (tertiary/aromatic N) is 4. The fourth-order valence-corrected chi connectivity index (χ4v) is 9.80. The molecule has 0 radical (unpaired) electrons. The molecule has 2 saturated heterocycles. The van der Waals surface area contributed by atoms with E-state index in [0.717, 1.165) is 38.8 Å². The van der Waals surface area contributed by atoms with Gasteiger partial charge in [-0.1, -0.05) is 0 Å². The summed E-state index contributed by atoms with van der Waals surface area (Å²) in [5.74, 6) is 1.80. The maximum absolute atomic E-state index is 14.0. The monoisotopic (exact) mass is 680 g/mol. The summed E-state index contributed by atoms with van der Waals surface area (Å²) >= 11 is 0. The SMILES string of the molecule is COc1cc2c(cc1OCCCP(=O)(CCCO)CCCOc1cc3c(cc1OC)C(=O)N1CCC[C@H]1C=N3)N=C[C@@H]1CCCN1C2=O. The van der Waals surface area contributed by atoms with Crippen molar-refractivity contribution >= 4 is 42.8 Å². The number of carbonyl (C=O) groups excluding carboxylic acids is 2. The Balaban J connectivity index is 1.04. The van der Waals surface area contributed by atoms with Crippen LogP contribution < -0.4 is 18.9 Å². The van der Waals surface area contributed by atoms with Gasteiger partial charge in [0.2, 0.25) is 0 Å². The quantitative estimate of drug-likeness (QED) is 0.197. The maximum Gasteiger partial charge on any atom is 0.256 e. The van der Waals surface area contributed by atoms with Crippen LogP contribution in [0.1, 0.15) is 65.7 Å². The van der Waals surface area contributed by atoms with Crippen LogP contribution in [0.5, 0.6) is 23.0 Å². The number of aliphatic imine (C=N–C) groups is 2. The molecule has 0 aromatic heterocycles. The van der Waals surface area contributed by atoms with Gasteiger partial charge in [-0.05, 0) is 57.1 Å². The topological polar surface area (TPSA) is 140 Å². The Labute approximate surface area is 281 Å². The Morgan fingerprint density at radius 3 is 1.62 bits per heavy atom. The number of fused-ring (bicyclic) bond motifs is 4. The zero-order valence-corrected chi connectivity index (χ0v) is 28.7. The summed E-state index contributed by atoms with van der Waals surface area (Å²) in [6, 6.07) is 6.92. The predicted octanol–water partition coefficient (Wildman–Crippen LogP) is 5.33. The summed E-state index contributed by atoms with van der Waals surface area (Å²) in [5.41, 5.74) is 2.12. The highest BCUT2D eigenvalue weighted by Crippen LogP contribution is 2.48. The maximum atomic E-state index is 14.0. The minimum atomic E-state index is -2.63. The number of methoxy groups -OCH3 is 2. The molecular weight excluding hydrogens is 635 g/mol. The molecule has 2 fully saturated rings. The van der Waals surface area contributed by atoms with Crippen molar-refractivity contribution < 1.29 is 38.2 Å². The largest absolute Gasteiger partial charge is 0.493 e. The highest BCUT2D eigenvalue weighted by molar-refractivity contribution is 7.63. The number of carbonyl (C=O) groups is 2. The summed E-state index contributed by atoms with van der Waals surface area (Å²) in [6.45, 7) is 2.04. The number of hydrogen-bond acceptors (Lipinski definition) is 10. The van der Waals surface area contributed by atoms with Crippen molar-refractivity contribution in [3.8, 4) is 23.0 Å². The Hall–Kier alpha value is -3.89. The molecular formula is C35H45N4O8P. The van der Waals surface area contributed by atoms with E-state index in [4.69, 9.17) is 18.9 Å². The molecule has 4 heterocycles. The molecule has 0 bridgehead atoms. The first-order valence-corrected chi connectivity index (χ1v) is 19.2. The molecule has 258 valence electrons. The normalized spacial score (nSPS) is 19.7. The van der Waals surface area contributed by atoms with Crippen LogP contribution in [0.3, 0.4) is 0 Å². The van der Waals surface area contributed by atoms with Crippen molar-refractivity contribution in [2.75, 3.05) is 65.6 Å². The molecule has 4 aliphatic heterocycles. The van der Waals surface area contributed by atoms with Gasteiger partial charge in [-0.25, -0.2) is 0 Å². The van der Waals surface area contributed by atoms with E-state index in [9.17, 15) is 19.3 Å². The van der Waals surface area contributed by atoms with Crippen LogP contribution in [0.15, 0.2) is 34.3 Å². The van der Waals surface area contributed by atoms with Gasteiger partial charge < -0.3 is 38.4 Å². The van der Waals surface area contributed by atoms with E-state index in [1.807, 2.05) is 22.2 Å². The van der Waals surface area contributed by atoms with Gasteiger partial charge in [-0.3, -0.25) is 19.6 Å². The van der Waals surface area contributed by atoms with Gasteiger partial charge in [0, 0.05) is 62.7 Å². The van der Waals surface area contributed by atoms with Crippen LogP contribution in [0.2, 0.25) is 0 Å². The Morgan fingerprint density at radius 2 is 1.19 bits per heavy atom. The molecule has 0 spiro atoms. The number of amides is 2. The van der Waals surface area contributed by atoms with Crippen LogP contribution in [0, 0.1) is 0 Å².